The molecule has 0 saturated heterocycles. The second-order valence-corrected chi connectivity index (χ2v) is 5.96. The molecule has 1 aromatic carbocycles. The zero-order valence-corrected chi connectivity index (χ0v) is 11.1. The van der Waals surface area contributed by atoms with Crippen LogP contribution in [-0.2, 0) is 16.2 Å². The number of fused-ring (bicyclic) bond motifs is 1. The van der Waals surface area contributed by atoms with Crippen LogP contribution in [0.4, 0.5) is 13.2 Å². The standard InChI is InChI=1S/C13H7F3N2O2S/c14-13(15,16)10-2-1-5-17-12(10)8-3-4-9-7-18-21(19,20)11(9)6-8/h1-7H. The van der Waals surface area contributed by atoms with Gasteiger partial charge in [-0.15, -0.1) is 0 Å². The van der Waals surface area contributed by atoms with Crippen molar-refractivity contribution in [1.82, 2.24) is 4.98 Å². The van der Waals surface area contributed by atoms with E-state index in [1.54, 1.807) is 0 Å². The molecular weight excluding hydrogens is 305 g/mol. The molecule has 0 bridgehead atoms. The maximum Gasteiger partial charge on any atom is 0.418 e. The average Bonchev–Trinajstić information content (AvgIpc) is 2.73. The number of rotatable bonds is 1. The SMILES string of the molecule is O=S1(=O)N=Cc2ccc(-c3ncccc3C(F)(F)F)cc21. The van der Waals surface area contributed by atoms with Crippen LogP contribution in [0.5, 0.6) is 0 Å². The van der Waals surface area contributed by atoms with Crippen LogP contribution < -0.4 is 0 Å². The first-order chi connectivity index (χ1) is 9.79. The molecule has 2 aromatic rings. The van der Waals surface area contributed by atoms with Crippen molar-refractivity contribution in [3.05, 3.63) is 47.7 Å². The first-order valence-electron chi connectivity index (χ1n) is 5.76. The molecule has 0 atom stereocenters. The van der Waals surface area contributed by atoms with E-state index in [9.17, 15) is 21.6 Å². The van der Waals surface area contributed by atoms with E-state index in [0.717, 1.165) is 18.3 Å². The molecule has 0 unspecified atom stereocenters. The van der Waals surface area contributed by atoms with Crippen molar-refractivity contribution in [2.45, 2.75) is 11.1 Å². The quantitative estimate of drug-likeness (QED) is 0.813. The minimum Gasteiger partial charge on any atom is -0.256 e. The highest BCUT2D eigenvalue weighted by Crippen LogP contribution is 2.37. The van der Waals surface area contributed by atoms with Crippen LogP contribution >= 0.6 is 0 Å². The van der Waals surface area contributed by atoms with Crippen molar-refractivity contribution in [3.63, 3.8) is 0 Å². The molecule has 2 heterocycles. The Labute approximate surface area is 118 Å². The van der Waals surface area contributed by atoms with E-state index in [1.165, 1.54) is 24.4 Å². The summed E-state index contributed by atoms with van der Waals surface area (Å²) < 4.78 is 65.6. The van der Waals surface area contributed by atoms with E-state index in [2.05, 4.69) is 9.38 Å². The largest absolute Gasteiger partial charge is 0.418 e. The van der Waals surface area contributed by atoms with Gasteiger partial charge in [0, 0.05) is 23.5 Å². The summed E-state index contributed by atoms with van der Waals surface area (Å²) in [5, 5.41) is 0. The Bertz CT molecular complexity index is 858. The number of nitrogens with zero attached hydrogens (tertiary/aromatic N) is 2. The van der Waals surface area contributed by atoms with Gasteiger partial charge in [-0.1, -0.05) is 12.1 Å². The maximum atomic E-state index is 13.0. The molecule has 108 valence electrons. The lowest BCUT2D eigenvalue weighted by molar-refractivity contribution is -0.137. The molecule has 0 saturated carbocycles. The van der Waals surface area contributed by atoms with E-state index in [4.69, 9.17) is 0 Å². The predicted molar refractivity (Wildman–Crippen MR) is 69.5 cm³/mol. The minimum absolute atomic E-state index is 0.0794. The number of hydrogen-bond donors (Lipinski definition) is 0. The van der Waals surface area contributed by atoms with Crippen molar-refractivity contribution in [1.29, 1.82) is 0 Å². The minimum atomic E-state index is -4.57. The summed E-state index contributed by atoms with van der Waals surface area (Å²) in [5.41, 5.74) is -0.796. The molecule has 0 radical (unpaired) electrons. The van der Waals surface area contributed by atoms with E-state index < -0.39 is 21.8 Å². The fourth-order valence-electron chi connectivity index (χ4n) is 2.06. The van der Waals surface area contributed by atoms with Gasteiger partial charge in [0.2, 0.25) is 0 Å². The second kappa shape index (κ2) is 4.39. The highest BCUT2D eigenvalue weighted by atomic mass is 32.2. The summed E-state index contributed by atoms with van der Waals surface area (Å²) in [4.78, 5) is 3.62. The third-order valence-corrected chi connectivity index (χ3v) is 4.30. The number of alkyl halides is 3. The molecule has 0 N–H and O–H groups in total. The Morgan fingerprint density at radius 2 is 1.86 bits per heavy atom. The van der Waals surface area contributed by atoms with Crippen LogP contribution in [0.3, 0.4) is 0 Å². The number of hydrogen-bond acceptors (Lipinski definition) is 3. The fourth-order valence-corrected chi connectivity index (χ4v) is 3.12. The lowest BCUT2D eigenvalue weighted by Gasteiger charge is -2.12. The second-order valence-electron chi connectivity index (χ2n) is 4.36. The van der Waals surface area contributed by atoms with E-state index in [-0.39, 0.29) is 16.2 Å². The van der Waals surface area contributed by atoms with E-state index >= 15 is 0 Å². The number of halogens is 3. The zero-order chi connectivity index (χ0) is 15.3. The van der Waals surface area contributed by atoms with Crippen molar-refractivity contribution < 1.29 is 21.6 Å². The number of pyridine rings is 1. The molecule has 1 aromatic heterocycles. The molecule has 1 aliphatic heterocycles. The average molecular weight is 312 g/mol. The molecule has 0 spiro atoms. The summed E-state index contributed by atoms with van der Waals surface area (Å²) in [7, 11) is -3.82. The van der Waals surface area contributed by atoms with Gasteiger partial charge >= 0.3 is 6.18 Å². The summed E-state index contributed by atoms with van der Waals surface area (Å²) >= 11 is 0. The number of sulfonamides is 1. The van der Waals surface area contributed by atoms with Gasteiger partial charge in [0.25, 0.3) is 10.0 Å². The van der Waals surface area contributed by atoms with Crippen LogP contribution in [0.25, 0.3) is 11.3 Å². The van der Waals surface area contributed by atoms with Gasteiger partial charge in [0.05, 0.1) is 16.2 Å². The number of aromatic nitrogens is 1. The van der Waals surface area contributed by atoms with Crippen LogP contribution in [0, 0.1) is 0 Å². The lowest BCUT2D eigenvalue weighted by atomic mass is 10.0. The summed E-state index contributed by atoms with van der Waals surface area (Å²) in [5.74, 6) is 0. The van der Waals surface area contributed by atoms with Crippen LogP contribution in [-0.4, -0.2) is 19.6 Å². The molecule has 4 nitrogen and oxygen atoms in total. The highest BCUT2D eigenvalue weighted by Gasteiger charge is 2.34. The fraction of sp³-hybridized carbons (Fsp3) is 0.0769. The highest BCUT2D eigenvalue weighted by molar-refractivity contribution is 7.90. The van der Waals surface area contributed by atoms with Crippen molar-refractivity contribution in [2.24, 2.45) is 4.40 Å². The molecule has 3 rings (SSSR count). The van der Waals surface area contributed by atoms with Gasteiger partial charge < -0.3 is 0 Å². The van der Waals surface area contributed by atoms with E-state index in [0.29, 0.717) is 5.56 Å². The molecule has 0 fully saturated rings. The van der Waals surface area contributed by atoms with Gasteiger partial charge in [-0.05, 0) is 18.2 Å². The third kappa shape index (κ3) is 2.31. The topological polar surface area (TPSA) is 59.4 Å². The van der Waals surface area contributed by atoms with Gasteiger partial charge in [-0.2, -0.15) is 26.0 Å². The molecule has 21 heavy (non-hydrogen) atoms. The molecule has 0 amide bonds. The molecule has 8 heteroatoms. The Hall–Kier alpha value is -2.22. The summed E-state index contributed by atoms with van der Waals surface area (Å²) in [6.45, 7) is 0. The van der Waals surface area contributed by atoms with Crippen molar-refractivity contribution in [3.8, 4) is 11.3 Å². The van der Waals surface area contributed by atoms with Gasteiger partial charge in [0.15, 0.2) is 0 Å². The Morgan fingerprint density at radius 1 is 1.10 bits per heavy atom. The zero-order valence-electron chi connectivity index (χ0n) is 10.3. The smallest absolute Gasteiger partial charge is 0.256 e. The predicted octanol–water partition coefficient (Wildman–Crippen LogP) is 2.89. The van der Waals surface area contributed by atoms with Gasteiger partial charge in [-0.25, -0.2) is 0 Å². The monoisotopic (exact) mass is 312 g/mol. The van der Waals surface area contributed by atoms with Crippen molar-refractivity contribution >= 4 is 16.2 Å². The van der Waals surface area contributed by atoms with Crippen LogP contribution in [0.2, 0.25) is 0 Å². The lowest BCUT2D eigenvalue weighted by Crippen LogP contribution is -2.08. The molecular formula is C13H7F3N2O2S. The Morgan fingerprint density at radius 3 is 2.57 bits per heavy atom. The van der Waals surface area contributed by atoms with Crippen LogP contribution in [0.15, 0.2) is 45.8 Å². The van der Waals surface area contributed by atoms with Crippen LogP contribution in [0.1, 0.15) is 11.1 Å². The van der Waals surface area contributed by atoms with Gasteiger partial charge in [0.1, 0.15) is 0 Å². The first-order valence-corrected chi connectivity index (χ1v) is 7.20. The van der Waals surface area contributed by atoms with Gasteiger partial charge in [-0.3, -0.25) is 4.98 Å². The summed E-state index contributed by atoms with van der Waals surface area (Å²) in [6, 6.07) is 6.05. The van der Waals surface area contributed by atoms with E-state index in [1.807, 2.05) is 0 Å². The Kier molecular flexibility index (Phi) is 2.87. The molecule has 0 aliphatic carbocycles. The third-order valence-electron chi connectivity index (χ3n) is 3.01. The van der Waals surface area contributed by atoms with Crippen molar-refractivity contribution in [2.75, 3.05) is 0 Å². The molecule has 1 aliphatic rings. The maximum absolute atomic E-state index is 13.0. The normalized spacial score (nSPS) is 16.0. The number of benzene rings is 1. The first kappa shape index (κ1) is 13.7. The Balaban J connectivity index is 2.21. The summed E-state index contributed by atoms with van der Waals surface area (Å²) in [6.07, 6.45) is -2.18.